The number of hydrogen-bond donors (Lipinski definition) is 2. The Labute approximate surface area is 172 Å². The van der Waals surface area contributed by atoms with Crippen molar-refractivity contribution in [3.8, 4) is 5.75 Å². The van der Waals surface area contributed by atoms with Crippen molar-refractivity contribution in [1.29, 1.82) is 0 Å². The Morgan fingerprint density at radius 3 is 2.52 bits per heavy atom. The zero-order valence-corrected chi connectivity index (χ0v) is 18.1. The molecule has 0 aromatic heterocycles. The average molecular weight is 417 g/mol. The highest BCUT2D eigenvalue weighted by Crippen LogP contribution is 2.42. The molecule has 1 amide bonds. The van der Waals surface area contributed by atoms with Gasteiger partial charge in [-0.1, -0.05) is 38.1 Å². The van der Waals surface area contributed by atoms with Gasteiger partial charge >= 0.3 is 0 Å². The SMILES string of the molecule is CCC1(CC)C[C@@H](NC(=O)c2ccc(C)c(NS(C)(=O)=O)c2)c2ccccc2O1. The molecule has 0 aliphatic carbocycles. The van der Waals surface area contributed by atoms with Gasteiger partial charge in [-0.25, -0.2) is 8.42 Å². The van der Waals surface area contributed by atoms with E-state index in [9.17, 15) is 13.2 Å². The van der Waals surface area contributed by atoms with Gasteiger partial charge in [0.1, 0.15) is 11.4 Å². The summed E-state index contributed by atoms with van der Waals surface area (Å²) in [6.07, 6.45) is 3.46. The molecule has 2 N–H and O–H groups in total. The summed E-state index contributed by atoms with van der Waals surface area (Å²) < 4.78 is 32.0. The van der Waals surface area contributed by atoms with E-state index in [1.165, 1.54) is 0 Å². The van der Waals surface area contributed by atoms with Crippen molar-refractivity contribution < 1.29 is 17.9 Å². The van der Waals surface area contributed by atoms with E-state index in [-0.39, 0.29) is 17.6 Å². The molecule has 0 saturated carbocycles. The van der Waals surface area contributed by atoms with E-state index in [0.717, 1.165) is 36.0 Å². The number of anilines is 1. The van der Waals surface area contributed by atoms with Crippen LogP contribution >= 0.6 is 0 Å². The maximum Gasteiger partial charge on any atom is 0.251 e. The normalized spacial score (nSPS) is 17.7. The smallest absolute Gasteiger partial charge is 0.251 e. The number of carbonyl (C=O) groups is 1. The van der Waals surface area contributed by atoms with Gasteiger partial charge in [-0.05, 0) is 43.5 Å². The summed E-state index contributed by atoms with van der Waals surface area (Å²) in [5, 5.41) is 3.13. The maximum atomic E-state index is 13.0. The van der Waals surface area contributed by atoms with Crippen LogP contribution in [0.3, 0.4) is 0 Å². The summed E-state index contributed by atoms with van der Waals surface area (Å²) in [5.74, 6) is 0.556. The van der Waals surface area contributed by atoms with E-state index < -0.39 is 10.0 Å². The molecule has 6 nitrogen and oxygen atoms in total. The van der Waals surface area contributed by atoms with Crippen molar-refractivity contribution in [2.24, 2.45) is 0 Å². The lowest BCUT2D eigenvalue weighted by molar-refractivity contribution is 0.0227. The summed E-state index contributed by atoms with van der Waals surface area (Å²) in [6, 6.07) is 12.6. The highest BCUT2D eigenvalue weighted by atomic mass is 32.2. The van der Waals surface area contributed by atoms with Crippen LogP contribution in [-0.2, 0) is 10.0 Å². The first-order chi connectivity index (χ1) is 13.7. The summed E-state index contributed by atoms with van der Waals surface area (Å²) in [5.41, 5.74) is 2.20. The number of carbonyl (C=O) groups excluding carboxylic acids is 1. The third-order valence-corrected chi connectivity index (χ3v) is 6.18. The molecule has 1 atom stereocenters. The van der Waals surface area contributed by atoms with E-state index in [1.54, 1.807) is 25.1 Å². The minimum absolute atomic E-state index is 0.181. The highest BCUT2D eigenvalue weighted by Gasteiger charge is 2.39. The number of ether oxygens (including phenoxy) is 1. The third-order valence-electron chi connectivity index (χ3n) is 5.59. The van der Waals surface area contributed by atoms with E-state index in [1.807, 2.05) is 24.3 Å². The summed E-state index contributed by atoms with van der Waals surface area (Å²) in [4.78, 5) is 13.0. The van der Waals surface area contributed by atoms with Crippen molar-refractivity contribution >= 4 is 21.6 Å². The van der Waals surface area contributed by atoms with Crippen LogP contribution in [0.5, 0.6) is 5.75 Å². The summed E-state index contributed by atoms with van der Waals surface area (Å²) in [6.45, 7) is 5.99. The molecule has 2 aromatic carbocycles. The number of para-hydroxylation sites is 1. The topological polar surface area (TPSA) is 84.5 Å². The largest absolute Gasteiger partial charge is 0.487 e. The molecule has 7 heteroatoms. The number of benzene rings is 2. The first-order valence-corrected chi connectivity index (χ1v) is 11.7. The van der Waals surface area contributed by atoms with Crippen molar-refractivity contribution in [3.05, 3.63) is 59.2 Å². The second-order valence-electron chi connectivity index (χ2n) is 7.66. The van der Waals surface area contributed by atoms with Crippen LogP contribution in [0.4, 0.5) is 5.69 Å². The second-order valence-corrected chi connectivity index (χ2v) is 9.41. The summed E-state index contributed by atoms with van der Waals surface area (Å²) in [7, 11) is -3.43. The monoisotopic (exact) mass is 416 g/mol. The number of hydrogen-bond acceptors (Lipinski definition) is 4. The molecule has 1 aliphatic rings. The Balaban J connectivity index is 1.89. The predicted octanol–water partition coefficient (Wildman–Crippen LogP) is 4.18. The first-order valence-electron chi connectivity index (χ1n) is 9.83. The van der Waals surface area contributed by atoms with Crippen LogP contribution in [0.2, 0.25) is 0 Å². The Hall–Kier alpha value is -2.54. The molecule has 3 rings (SSSR count). The Bertz CT molecular complexity index is 1010. The minimum Gasteiger partial charge on any atom is -0.487 e. The molecular formula is C22H28N2O4S. The fourth-order valence-electron chi connectivity index (χ4n) is 3.74. The fraction of sp³-hybridized carbons (Fsp3) is 0.409. The van der Waals surface area contributed by atoms with E-state index in [2.05, 4.69) is 23.9 Å². The molecule has 1 heterocycles. The Morgan fingerprint density at radius 1 is 1.17 bits per heavy atom. The third kappa shape index (κ3) is 4.72. The maximum absolute atomic E-state index is 13.0. The van der Waals surface area contributed by atoms with Gasteiger partial charge in [0.25, 0.3) is 5.91 Å². The molecule has 156 valence electrons. The fourth-order valence-corrected chi connectivity index (χ4v) is 4.36. The van der Waals surface area contributed by atoms with Crippen molar-refractivity contribution in [3.63, 3.8) is 0 Å². The van der Waals surface area contributed by atoms with E-state index >= 15 is 0 Å². The lowest BCUT2D eigenvalue weighted by Gasteiger charge is -2.41. The first kappa shape index (κ1) is 21.2. The van der Waals surface area contributed by atoms with Gasteiger partial charge in [0, 0.05) is 17.5 Å². The van der Waals surface area contributed by atoms with Gasteiger partial charge in [-0.15, -0.1) is 0 Å². The zero-order valence-electron chi connectivity index (χ0n) is 17.3. The van der Waals surface area contributed by atoms with E-state index in [0.29, 0.717) is 17.7 Å². The van der Waals surface area contributed by atoms with Crippen LogP contribution in [0.15, 0.2) is 42.5 Å². The Kier molecular flexibility index (Phi) is 5.89. The molecule has 1 aliphatic heterocycles. The number of nitrogens with one attached hydrogen (secondary N) is 2. The molecule has 0 radical (unpaired) electrons. The van der Waals surface area contributed by atoms with Gasteiger partial charge in [0.15, 0.2) is 0 Å². The van der Waals surface area contributed by atoms with E-state index in [4.69, 9.17) is 4.74 Å². The molecule has 29 heavy (non-hydrogen) atoms. The van der Waals surface area contributed by atoms with Gasteiger partial charge in [0.2, 0.25) is 10.0 Å². The predicted molar refractivity (Wildman–Crippen MR) is 115 cm³/mol. The van der Waals surface area contributed by atoms with Crippen molar-refractivity contribution in [2.75, 3.05) is 11.0 Å². The molecular weight excluding hydrogens is 388 g/mol. The molecule has 0 saturated heterocycles. The average Bonchev–Trinajstić information content (AvgIpc) is 2.68. The Morgan fingerprint density at radius 2 is 1.86 bits per heavy atom. The quantitative estimate of drug-likeness (QED) is 0.740. The van der Waals surface area contributed by atoms with Gasteiger partial charge < -0.3 is 10.1 Å². The van der Waals surface area contributed by atoms with Crippen molar-refractivity contribution in [2.45, 2.75) is 51.7 Å². The van der Waals surface area contributed by atoms with Gasteiger partial charge in [0.05, 0.1) is 18.0 Å². The highest BCUT2D eigenvalue weighted by molar-refractivity contribution is 7.92. The van der Waals surface area contributed by atoms with Crippen LogP contribution in [0.25, 0.3) is 0 Å². The van der Waals surface area contributed by atoms with Crippen LogP contribution in [0.1, 0.15) is 60.6 Å². The zero-order chi connectivity index (χ0) is 21.2. The van der Waals surface area contributed by atoms with Crippen LogP contribution in [0, 0.1) is 6.92 Å². The molecule has 0 bridgehead atoms. The number of rotatable bonds is 6. The molecule has 0 unspecified atom stereocenters. The second kappa shape index (κ2) is 8.06. The number of sulfonamides is 1. The van der Waals surface area contributed by atoms with Crippen LogP contribution in [-0.4, -0.2) is 26.2 Å². The summed E-state index contributed by atoms with van der Waals surface area (Å²) >= 11 is 0. The molecule has 0 spiro atoms. The lowest BCUT2D eigenvalue weighted by Crippen LogP contribution is -2.44. The minimum atomic E-state index is -3.43. The molecule has 0 fully saturated rings. The molecule has 2 aromatic rings. The van der Waals surface area contributed by atoms with Crippen molar-refractivity contribution in [1.82, 2.24) is 5.32 Å². The number of aryl methyl sites for hydroxylation is 1. The standard InChI is InChI=1S/C22H28N2O4S/c1-5-22(6-2)14-19(17-9-7-8-10-20(17)28-22)23-21(25)16-12-11-15(3)18(13-16)24-29(4,26)27/h7-13,19,24H,5-6,14H2,1-4H3,(H,23,25)/t19-/m1/s1. The van der Waals surface area contributed by atoms with Gasteiger partial charge in [-0.3, -0.25) is 9.52 Å². The number of fused-ring (bicyclic) bond motifs is 1. The van der Waals surface area contributed by atoms with Crippen LogP contribution < -0.4 is 14.8 Å². The number of amides is 1. The lowest BCUT2D eigenvalue weighted by atomic mass is 9.83. The van der Waals surface area contributed by atoms with Gasteiger partial charge in [-0.2, -0.15) is 0 Å².